The molecule has 19 heavy (non-hydrogen) atoms. The van der Waals surface area contributed by atoms with E-state index >= 15 is 0 Å². The van der Waals surface area contributed by atoms with Gasteiger partial charge in [-0.15, -0.1) is 5.01 Å². The highest BCUT2D eigenvalue weighted by Crippen LogP contribution is 2.49. The standard InChI is InChI=1S/C13H21N2.C2H4O2/c1-15-12-6-2-10(3-7-12)14(15)11-4-8-13(15)9-5-11;1-2(3)4/h2,6,10-13H,3-5,7-9H2,1H3;1H3,(H,3,4)/q+1;/p-1/t10-,11?,12+,13?,15?;/m0./s1. The summed E-state index contributed by atoms with van der Waals surface area (Å²) in [4.78, 5) is 8.89. The van der Waals surface area contributed by atoms with Crippen molar-refractivity contribution < 1.29 is 14.5 Å². The number of rotatable bonds is 0. The Morgan fingerprint density at radius 1 is 1.16 bits per heavy atom. The molecule has 106 valence electrons. The Balaban J connectivity index is 0.000000247. The minimum absolute atomic E-state index is 0.771. The molecule has 1 saturated carbocycles. The van der Waals surface area contributed by atoms with Gasteiger partial charge in [0.1, 0.15) is 12.1 Å². The zero-order chi connectivity index (χ0) is 13.6. The summed E-state index contributed by atoms with van der Waals surface area (Å²) in [5, 5.41) is 11.8. The first-order valence-electron chi connectivity index (χ1n) is 7.54. The maximum atomic E-state index is 8.89. The summed E-state index contributed by atoms with van der Waals surface area (Å²) < 4.78 is 1.28. The lowest BCUT2D eigenvalue weighted by Crippen LogP contribution is -2.79. The van der Waals surface area contributed by atoms with Crippen LogP contribution in [0.3, 0.4) is 0 Å². The molecule has 4 bridgehead atoms. The molecule has 3 saturated heterocycles. The minimum Gasteiger partial charge on any atom is -0.550 e. The number of fused-ring (bicyclic) bond motifs is 3. The third-order valence-corrected chi connectivity index (χ3v) is 5.60. The van der Waals surface area contributed by atoms with Gasteiger partial charge in [-0.25, -0.2) is 4.59 Å². The second-order valence-corrected chi connectivity index (χ2v) is 6.53. The number of nitrogens with zero attached hydrogens (tertiary/aromatic N) is 2. The minimum atomic E-state index is -1.08. The lowest BCUT2D eigenvalue weighted by atomic mass is 9.78. The van der Waals surface area contributed by atoms with Crippen LogP contribution in [-0.2, 0) is 4.79 Å². The molecule has 4 heterocycles. The van der Waals surface area contributed by atoms with Crippen LogP contribution in [0.5, 0.6) is 0 Å². The molecule has 0 aromatic carbocycles. The Kier molecular flexibility index (Phi) is 3.18. The number of likely N-dealkylation sites (N-methyl/N-ethyl adjacent to an activating group) is 1. The molecule has 0 N–H and O–H groups in total. The van der Waals surface area contributed by atoms with Crippen molar-refractivity contribution in [2.24, 2.45) is 0 Å². The Morgan fingerprint density at radius 3 is 2.26 bits per heavy atom. The first-order valence-corrected chi connectivity index (χ1v) is 7.54. The molecule has 0 amide bonds. The van der Waals surface area contributed by atoms with Crippen LogP contribution in [0.25, 0.3) is 0 Å². The molecular formula is C15H24N2O2. The molecule has 4 nitrogen and oxygen atoms in total. The Morgan fingerprint density at radius 2 is 1.79 bits per heavy atom. The van der Waals surface area contributed by atoms with Crippen LogP contribution in [0.2, 0.25) is 0 Å². The predicted molar refractivity (Wildman–Crippen MR) is 70.7 cm³/mol. The van der Waals surface area contributed by atoms with Gasteiger partial charge in [0.25, 0.3) is 0 Å². The molecule has 4 atom stereocenters. The Hall–Kier alpha value is -0.870. The maximum Gasteiger partial charge on any atom is 0.125 e. The molecule has 2 aliphatic carbocycles. The molecule has 0 aromatic rings. The SMILES string of the molecule is CC(=O)[O-].C[N+]12C3CCC(CC3)N1[C@H]1C=C[C@@H]2CC1. The van der Waals surface area contributed by atoms with Gasteiger partial charge in [0.05, 0.1) is 19.1 Å². The van der Waals surface area contributed by atoms with Crippen LogP contribution in [0, 0.1) is 0 Å². The summed E-state index contributed by atoms with van der Waals surface area (Å²) in [7, 11) is 2.51. The highest BCUT2D eigenvalue weighted by Gasteiger charge is 2.59. The van der Waals surface area contributed by atoms with Gasteiger partial charge < -0.3 is 9.90 Å². The monoisotopic (exact) mass is 264 g/mol. The summed E-state index contributed by atoms with van der Waals surface area (Å²) in [5.41, 5.74) is 0. The molecule has 0 aromatic heterocycles. The van der Waals surface area contributed by atoms with E-state index in [0.717, 1.165) is 31.1 Å². The number of aliphatic carboxylic acids is 1. The van der Waals surface area contributed by atoms with Crippen molar-refractivity contribution in [3.05, 3.63) is 12.2 Å². The summed E-state index contributed by atoms with van der Waals surface area (Å²) in [6, 6.07) is 3.42. The van der Waals surface area contributed by atoms with Crippen molar-refractivity contribution in [1.82, 2.24) is 5.01 Å². The molecule has 4 aliphatic heterocycles. The lowest BCUT2D eigenvalue weighted by Gasteiger charge is -2.66. The van der Waals surface area contributed by atoms with Crippen molar-refractivity contribution in [3.63, 3.8) is 0 Å². The second kappa shape index (κ2) is 4.60. The molecule has 0 radical (unpaired) electrons. The van der Waals surface area contributed by atoms with E-state index in [1.807, 2.05) is 0 Å². The average Bonchev–Trinajstić information content (AvgIpc) is 2.40. The third-order valence-electron chi connectivity index (χ3n) is 5.60. The van der Waals surface area contributed by atoms with Gasteiger partial charge in [-0.05, 0) is 32.3 Å². The van der Waals surface area contributed by atoms with Crippen molar-refractivity contribution >= 4 is 5.97 Å². The predicted octanol–water partition coefficient (Wildman–Crippen LogP) is 0.832. The fourth-order valence-corrected chi connectivity index (χ4v) is 4.86. The number of quaternary nitrogens is 1. The molecular weight excluding hydrogens is 240 g/mol. The van der Waals surface area contributed by atoms with E-state index in [1.165, 1.54) is 43.1 Å². The summed E-state index contributed by atoms with van der Waals surface area (Å²) in [5.74, 6) is -1.08. The third kappa shape index (κ3) is 1.93. The molecule has 4 fully saturated rings. The van der Waals surface area contributed by atoms with Crippen LogP contribution < -0.4 is 5.11 Å². The number of carbonyl (C=O) groups excluding carboxylic acids is 1. The molecule has 2 unspecified atom stereocenters. The zero-order valence-electron chi connectivity index (χ0n) is 11.9. The van der Waals surface area contributed by atoms with Gasteiger partial charge in [0.2, 0.25) is 0 Å². The molecule has 6 rings (SSSR count). The number of carboxylic acid groups (broad SMARTS) is 1. The molecule has 6 aliphatic rings. The fraction of sp³-hybridized carbons (Fsp3) is 0.800. The van der Waals surface area contributed by atoms with E-state index in [4.69, 9.17) is 9.90 Å². The van der Waals surface area contributed by atoms with Crippen molar-refractivity contribution in [3.8, 4) is 0 Å². The van der Waals surface area contributed by atoms with Crippen LogP contribution in [0.4, 0.5) is 0 Å². The van der Waals surface area contributed by atoms with E-state index in [-0.39, 0.29) is 0 Å². The highest BCUT2D eigenvalue weighted by molar-refractivity contribution is 5.60. The zero-order valence-corrected chi connectivity index (χ0v) is 11.9. The van der Waals surface area contributed by atoms with E-state index in [0.29, 0.717) is 0 Å². The van der Waals surface area contributed by atoms with E-state index in [1.54, 1.807) is 0 Å². The Bertz CT molecular complexity index is 397. The van der Waals surface area contributed by atoms with E-state index in [9.17, 15) is 0 Å². The fourth-order valence-electron chi connectivity index (χ4n) is 4.86. The summed E-state index contributed by atoms with van der Waals surface area (Å²) in [6.07, 6.45) is 13.8. The second-order valence-electron chi connectivity index (χ2n) is 6.53. The van der Waals surface area contributed by atoms with Gasteiger partial charge in [0, 0.05) is 25.2 Å². The van der Waals surface area contributed by atoms with E-state index in [2.05, 4.69) is 24.2 Å². The van der Waals surface area contributed by atoms with Crippen molar-refractivity contribution in [2.45, 2.75) is 69.6 Å². The van der Waals surface area contributed by atoms with Gasteiger partial charge >= 0.3 is 0 Å². The molecule has 4 heteroatoms. The summed E-state index contributed by atoms with van der Waals surface area (Å²) >= 11 is 0. The van der Waals surface area contributed by atoms with Gasteiger partial charge in [0.15, 0.2) is 0 Å². The summed E-state index contributed by atoms with van der Waals surface area (Å²) in [6.45, 7) is 0.972. The lowest BCUT2D eigenvalue weighted by molar-refractivity contribution is -1.08. The first-order chi connectivity index (χ1) is 9.03. The largest absolute Gasteiger partial charge is 0.550 e. The first kappa shape index (κ1) is 13.1. The quantitative estimate of drug-likeness (QED) is 0.481. The topological polar surface area (TPSA) is 43.4 Å². The maximum absolute atomic E-state index is 8.89. The number of carbonyl (C=O) groups is 1. The smallest absolute Gasteiger partial charge is 0.125 e. The highest BCUT2D eigenvalue weighted by atomic mass is 16.4. The van der Waals surface area contributed by atoms with Crippen LogP contribution in [0.15, 0.2) is 12.2 Å². The van der Waals surface area contributed by atoms with Crippen LogP contribution in [-0.4, -0.2) is 46.8 Å². The average molecular weight is 264 g/mol. The number of hydrogen-bond acceptors (Lipinski definition) is 3. The van der Waals surface area contributed by atoms with Gasteiger partial charge in [-0.3, -0.25) is 0 Å². The molecule has 0 spiro atoms. The van der Waals surface area contributed by atoms with Crippen molar-refractivity contribution in [2.75, 3.05) is 7.05 Å². The van der Waals surface area contributed by atoms with Gasteiger partial charge in [-0.1, -0.05) is 6.08 Å². The van der Waals surface area contributed by atoms with Crippen molar-refractivity contribution in [1.29, 1.82) is 0 Å². The van der Waals surface area contributed by atoms with E-state index < -0.39 is 5.97 Å². The van der Waals surface area contributed by atoms with Gasteiger partial charge in [-0.2, -0.15) is 0 Å². The normalized spacial score (nSPS) is 49.3. The number of carboxylic acids is 1. The Labute approximate surface area is 115 Å². The van der Waals surface area contributed by atoms with Crippen LogP contribution >= 0.6 is 0 Å². The number of hydrogen-bond donors (Lipinski definition) is 0. The van der Waals surface area contributed by atoms with Crippen LogP contribution in [0.1, 0.15) is 45.4 Å².